The Kier molecular flexibility index (Phi) is 6.06. The van der Waals surface area contributed by atoms with Crippen LogP contribution in [0.25, 0.3) is 6.08 Å². The van der Waals surface area contributed by atoms with Crippen LogP contribution >= 0.6 is 0 Å². The van der Waals surface area contributed by atoms with E-state index in [1.54, 1.807) is 37.3 Å². The predicted octanol–water partition coefficient (Wildman–Crippen LogP) is 1.05. The summed E-state index contributed by atoms with van der Waals surface area (Å²) in [5.74, 6) is 1.68. The minimum absolute atomic E-state index is 0.0569. The molecule has 2 fully saturated rings. The molecule has 27 heavy (non-hydrogen) atoms. The van der Waals surface area contributed by atoms with Crippen molar-refractivity contribution in [2.24, 2.45) is 0 Å². The number of hydrogen-bond donors (Lipinski definition) is 0. The van der Waals surface area contributed by atoms with Crippen molar-refractivity contribution < 1.29 is 22.7 Å². The molecule has 0 aromatic heterocycles. The number of amides is 1. The second-order valence-corrected chi connectivity index (χ2v) is 9.06. The molecule has 1 amide bonds. The number of sulfone groups is 1. The van der Waals surface area contributed by atoms with Gasteiger partial charge in [-0.15, -0.1) is 0 Å². The van der Waals surface area contributed by atoms with Crippen molar-refractivity contribution >= 4 is 21.8 Å². The summed E-state index contributed by atoms with van der Waals surface area (Å²) in [4.78, 5) is 16.5. The van der Waals surface area contributed by atoms with E-state index in [2.05, 4.69) is 4.90 Å². The van der Waals surface area contributed by atoms with Crippen molar-refractivity contribution in [3.8, 4) is 11.5 Å². The van der Waals surface area contributed by atoms with E-state index in [4.69, 9.17) is 9.47 Å². The van der Waals surface area contributed by atoms with Gasteiger partial charge in [0.05, 0.1) is 25.7 Å². The van der Waals surface area contributed by atoms with Crippen LogP contribution < -0.4 is 9.47 Å². The smallest absolute Gasteiger partial charge is 0.246 e. The summed E-state index contributed by atoms with van der Waals surface area (Å²) < 4.78 is 34.0. The summed E-state index contributed by atoms with van der Waals surface area (Å²) >= 11 is 0. The summed E-state index contributed by atoms with van der Waals surface area (Å²) in [6, 6.07) is 5.62. The highest BCUT2D eigenvalue weighted by Gasteiger charge is 2.34. The fourth-order valence-electron chi connectivity index (χ4n) is 3.68. The van der Waals surface area contributed by atoms with E-state index in [-0.39, 0.29) is 23.5 Å². The van der Waals surface area contributed by atoms with Crippen LogP contribution in [0, 0.1) is 0 Å². The largest absolute Gasteiger partial charge is 0.493 e. The van der Waals surface area contributed by atoms with Crippen LogP contribution in [0.4, 0.5) is 0 Å². The minimum Gasteiger partial charge on any atom is -0.493 e. The van der Waals surface area contributed by atoms with Gasteiger partial charge in [-0.2, -0.15) is 0 Å². The van der Waals surface area contributed by atoms with Gasteiger partial charge in [0.25, 0.3) is 0 Å². The lowest BCUT2D eigenvalue weighted by atomic mass is 10.1. The minimum atomic E-state index is -2.88. The summed E-state index contributed by atoms with van der Waals surface area (Å²) in [5, 5.41) is 0. The molecule has 1 aromatic carbocycles. The Morgan fingerprint density at radius 2 is 1.89 bits per heavy atom. The van der Waals surface area contributed by atoms with Crippen molar-refractivity contribution in [3.05, 3.63) is 29.8 Å². The van der Waals surface area contributed by atoms with E-state index >= 15 is 0 Å². The first-order valence-electron chi connectivity index (χ1n) is 9.06. The number of hydrogen-bond acceptors (Lipinski definition) is 6. The fourth-order valence-corrected chi connectivity index (χ4v) is 5.44. The van der Waals surface area contributed by atoms with Gasteiger partial charge >= 0.3 is 0 Å². The molecule has 2 aliphatic rings. The van der Waals surface area contributed by atoms with Crippen molar-refractivity contribution in [3.63, 3.8) is 0 Å². The summed E-state index contributed by atoms with van der Waals surface area (Å²) in [6.07, 6.45) is 3.98. The average molecular weight is 394 g/mol. The molecule has 3 rings (SSSR count). The molecule has 0 bridgehead atoms. The van der Waals surface area contributed by atoms with Gasteiger partial charge in [0.1, 0.15) is 0 Å². The van der Waals surface area contributed by atoms with Crippen molar-refractivity contribution in [1.29, 1.82) is 0 Å². The van der Waals surface area contributed by atoms with Gasteiger partial charge in [0, 0.05) is 43.9 Å². The zero-order valence-corrected chi connectivity index (χ0v) is 16.6. The molecule has 7 nitrogen and oxygen atoms in total. The molecule has 8 heteroatoms. The van der Waals surface area contributed by atoms with Crippen LogP contribution in [0.3, 0.4) is 0 Å². The highest BCUT2D eigenvalue weighted by Crippen LogP contribution is 2.31. The molecule has 0 aliphatic carbocycles. The number of benzene rings is 1. The predicted molar refractivity (Wildman–Crippen MR) is 104 cm³/mol. The summed E-state index contributed by atoms with van der Waals surface area (Å²) in [6.45, 7) is 2.63. The molecule has 1 aromatic rings. The topological polar surface area (TPSA) is 76.2 Å². The standard InChI is InChI=1S/C19H26N2O5S/c1-25-17-5-3-4-15(19(17)26-2)6-7-18(22)21-11-9-20(10-12-21)16-8-13-27(23,24)14-16/h3-7,16H,8-14H2,1-2H3/b7-6+/t16-/m1/s1. The number of carbonyl (C=O) groups excluding carboxylic acids is 1. The molecule has 0 spiro atoms. The quantitative estimate of drug-likeness (QED) is 0.695. The van der Waals surface area contributed by atoms with Gasteiger partial charge in [-0.25, -0.2) is 8.42 Å². The molecule has 0 unspecified atom stereocenters. The lowest BCUT2D eigenvalue weighted by molar-refractivity contribution is -0.127. The molecule has 0 saturated carbocycles. The van der Waals surface area contributed by atoms with Crippen molar-refractivity contribution in [1.82, 2.24) is 9.80 Å². The molecule has 0 radical (unpaired) electrons. The Balaban J connectivity index is 1.58. The van der Waals surface area contributed by atoms with Gasteiger partial charge < -0.3 is 14.4 Å². The first kappa shape index (κ1) is 19.7. The number of carbonyl (C=O) groups is 1. The van der Waals surface area contributed by atoms with Gasteiger partial charge in [-0.1, -0.05) is 12.1 Å². The van der Waals surface area contributed by atoms with Crippen LogP contribution in [-0.4, -0.2) is 82.1 Å². The normalized spacial score (nSPS) is 22.9. The maximum atomic E-state index is 12.5. The van der Waals surface area contributed by atoms with Crippen LogP contribution in [0.15, 0.2) is 24.3 Å². The monoisotopic (exact) mass is 394 g/mol. The third-order valence-electron chi connectivity index (χ3n) is 5.19. The maximum Gasteiger partial charge on any atom is 0.246 e. The highest BCUT2D eigenvalue weighted by molar-refractivity contribution is 7.91. The molecule has 148 valence electrons. The van der Waals surface area contributed by atoms with Gasteiger partial charge in [0.2, 0.25) is 5.91 Å². The fraction of sp³-hybridized carbons (Fsp3) is 0.526. The lowest BCUT2D eigenvalue weighted by Gasteiger charge is -2.37. The zero-order valence-electron chi connectivity index (χ0n) is 15.8. The third-order valence-corrected chi connectivity index (χ3v) is 6.94. The summed E-state index contributed by atoms with van der Waals surface area (Å²) in [5.41, 5.74) is 0.778. The Bertz CT molecular complexity index is 813. The number of rotatable bonds is 5. The molecule has 2 saturated heterocycles. The van der Waals surface area contributed by atoms with Gasteiger partial charge in [-0.3, -0.25) is 9.69 Å². The Morgan fingerprint density at radius 1 is 1.15 bits per heavy atom. The first-order chi connectivity index (χ1) is 12.9. The van der Waals surface area contributed by atoms with Crippen molar-refractivity contribution in [2.45, 2.75) is 12.5 Å². The SMILES string of the molecule is COc1cccc(/C=C/C(=O)N2CCN([C@@H]3CCS(=O)(=O)C3)CC2)c1OC. The van der Waals surface area contributed by atoms with Crippen LogP contribution in [-0.2, 0) is 14.6 Å². The first-order valence-corrected chi connectivity index (χ1v) is 10.9. The second-order valence-electron chi connectivity index (χ2n) is 6.83. The lowest BCUT2D eigenvalue weighted by Crippen LogP contribution is -2.52. The van der Waals surface area contributed by atoms with E-state index < -0.39 is 9.84 Å². The van der Waals surface area contributed by atoms with Crippen LogP contribution in [0.1, 0.15) is 12.0 Å². The maximum absolute atomic E-state index is 12.5. The highest BCUT2D eigenvalue weighted by atomic mass is 32.2. The van der Waals surface area contributed by atoms with E-state index in [0.717, 1.165) is 5.56 Å². The molecular formula is C19H26N2O5S. The Morgan fingerprint density at radius 3 is 2.48 bits per heavy atom. The number of ether oxygens (including phenoxy) is 2. The van der Waals surface area contributed by atoms with Crippen molar-refractivity contribution in [2.75, 3.05) is 51.9 Å². The van der Waals surface area contributed by atoms with Crippen LogP contribution in [0.2, 0.25) is 0 Å². The van der Waals surface area contributed by atoms with Gasteiger partial charge in [-0.05, 0) is 18.6 Å². The number of nitrogens with zero attached hydrogens (tertiary/aromatic N) is 2. The number of piperazine rings is 1. The number of para-hydroxylation sites is 1. The third kappa shape index (κ3) is 4.62. The summed E-state index contributed by atoms with van der Waals surface area (Å²) in [7, 11) is 0.262. The molecule has 0 N–H and O–H groups in total. The second kappa shape index (κ2) is 8.31. The molecule has 1 atom stereocenters. The Labute approximate surface area is 160 Å². The number of methoxy groups -OCH3 is 2. The van der Waals surface area contributed by atoms with E-state index in [0.29, 0.717) is 44.1 Å². The van der Waals surface area contributed by atoms with Gasteiger partial charge in [0.15, 0.2) is 21.3 Å². The molecule has 2 aliphatic heterocycles. The van der Waals surface area contributed by atoms with E-state index in [1.165, 1.54) is 0 Å². The molecule has 2 heterocycles. The molecular weight excluding hydrogens is 368 g/mol. The Hall–Kier alpha value is -2.06. The van der Waals surface area contributed by atoms with E-state index in [1.807, 2.05) is 12.1 Å². The van der Waals surface area contributed by atoms with E-state index in [9.17, 15) is 13.2 Å². The zero-order chi connectivity index (χ0) is 19.4. The van der Waals surface area contributed by atoms with Crippen LogP contribution in [0.5, 0.6) is 11.5 Å². The average Bonchev–Trinajstić information content (AvgIpc) is 3.05.